The number of ether oxygens (including phenoxy) is 1. The van der Waals surface area contributed by atoms with E-state index in [1.54, 1.807) is 0 Å². The minimum absolute atomic E-state index is 0.506. The quantitative estimate of drug-likeness (QED) is 0.374. The van der Waals surface area contributed by atoms with E-state index in [2.05, 4.69) is 11.7 Å². The van der Waals surface area contributed by atoms with Gasteiger partial charge in [-0.2, -0.15) is 0 Å². The van der Waals surface area contributed by atoms with Crippen LogP contribution in [-0.4, -0.2) is 24.3 Å². The number of aliphatic hydroxyl groups is 1. The van der Waals surface area contributed by atoms with Crippen LogP contribution in [0.3, 0.4) is 0 Å². The molecule has 0 aromatic rings. The zero-order chi connectivity index (χ0) is 15.1. The minimum atomic E-state index is -0.928. The number of rotatable bonds is 14. The maximum atomic E-state index is 11.0. The lowest BCUT2D eigenvalue weighted by Gasteiger charge is -2.07. The van der Waals surface area contributed by atoms with Crippen molar-refractivity contribution < 1.29 is 14.6 Å². The van der Waals surface area contributed by atoms with Crippen molar-refractivity contribution >= 4 is 5.97 Å². The molecule has 1 N–H and O–H groups in total. The number of esters is 1. The van der Waals surface area contributed by atoms with E-state index in [-0.39, 0.29) is 0 Å². The highest BCUT2D eigenvalue weighted by Gasteiger charge is 2.13. The Morgan fingerprint density at radius 1 is 0.850 bits per heavy atom. The third-order valence-corrected chi connectivity index (χ3v) is 3.80. The van der Waals surface area contributed by atoms with Crippen LogP contribution < -0.4 is 0 Å². The molecule has 120 valence electrons. The minimum Gasteiger partial charge on any atom is -0.467 e. The molecule has 0 aromatic carbocycles. The highest BCUT2D eigenvalue weighted by Crippen LogP contribution is 2.13. The molecule has 0 spiro atoms. The normalized spacial score (nSPS) is 12.3. The van der Waals surface area contributed by atoms with Crippen LogP contribution in [0.5, 0.6) is 0 Å². The smallest absolute Gasteiger partial charge is 0.334 e. The van der Waals surface area contributed by atoms with Crippen LogP contribution in [0.2, 0.25) is 0 Å². The van der Waals surface area contributed by atoms with Crippen LogP contribution in [0, 0.1) is 0 Å². The summed E-state index contributed by atoms with van der Waals surface area (Å²) < 4.78 is 4.48. The molecule has 0 amide bonds. The summed E-state index contributed by atoms with van der Waals surface area (Å²) >= 11 is 0. The van der Waals surface area contributed by atoms with Gasteiger partial charge in [0.05, 0.1) is 7.11 Å². The van der Waals surface area contributed by atoms with Crippen LogP contribution in [0.15, 0.2) is 0 Å². The Morgan fingerprint density at radius 3 is 1.65 bits per heavy atom. The lowest BCUT2D eigenvalue weighted by Crippen LogP contribution is -2.21. The second-order valence-electron chi connectivity index (χ2n) is 5.72. The van der Waals surface area contributed by atoms with Crippen LogP contribution >= 0.6 is 0 Å². The summed E-state index contributed by atoms with van der Waals surface area (Å²) in [5, 5.41) is 9.40. The zero-order valence-corrected chi connectivity index (χ0v) is 13.5. The molecular weight excluding hydrogens is 252 g/mol. The Kier molecular flexibility index (Phi) is 14.4. The topological polar surface area (TPSA) is 46.5 Å². The van der Waals surface area contributed by atoms with Crippen molar-refractivity contribution in [3.8, 4) is 0 Å². The van der Waals surface area contributed by atoms with Gasteiger partial charge in [-0.1, -0.05) is 84.0 Å². The van der Waals surface area contributed by atoms with Gasteiger partial charge in [-0.15, -0.1) is 0 Å². The van der Waals surface area contributed by atoms with Crippen LogP contribution in [0.1, 0.15) is 90.4 Å². The first kappa shape index (κ1) is 19.4. The van der Waals surface area contributed by atoms with E-state index in [4.69, 9.17) is 0 Å². The summed E-state index contributed by atoms with van der Waals surface area (Å²) in [6, 6.07) is 0. The Morgan fingerprint density at radius 2 is 1.25 bits per heavy atom. The van der Waals surface area contributed by atoms with E-state index >= 15 is 0 Å². The molecule has 0 aromatic heterocycles. The van der Waals surface area contributed by atoms with Crippen molar-refractivity contribution in [3.05, 3.63) is 0 Å². The first-order valence-corrected chi connectivity index (χ1v) is 8.48. The molecule has 0 aliphatic heterocycles. The van der Waals surface area contributed by atoms with Gasteiger partial charge in [-0.05, 0) is 6.42 Å². The lowest BCUT2D eigenvalue weighted by atomic mass is 10.0. The highest BCUT2D eigenvalue weighted by atomic mass is 16.5. The molecule has 0 saturated heterocycles. The maximum Gasteiger partial charge on any atom is 0.334 e. The summed E-state index contributed by atoms with van der Waals surface area (Å²) in [6.45, 7) is 2.25. The third kappa shape index (κ3) is 12.5. The summed E-state index contributed by atoms with van der Waals surface area (Å²) in [4.78, 5) is 11.0. The van der Waals surface area contributed by atoms with E-state index in [0.29, 0.717) is 6.42 Å². The monoisotopic (exact) mass is 286 g/mol. The van der Waals surface area contributed by atoms with Gasteiger partial charge >= 0.3 is 5.97 Å². The molecule has 0 fully saturated rings. The number of carbonyl (C=O) groups is 1. The molecular formula is C17H34O3. The van der Waals surface area contributed by atoms with Gasteiger partial charge in [0, 0.05) is 0 Å². The largest absolute Gasteiger partial charge is 0.467 e. The number of aliphatic hydroxyl groups excluding tert-OH is 1. The van der Waals surface area contributed by atoms with Gasteiger partial charge in [-0.3, -0.25) is 0 Å². The number of methoxy groups -OCH3 is 1. The molecule has 0 aliphatic rings. The van der Waals surface area contributed by atoms with Crippen molar-refractivity contribution in [2.75, 3.05) is 7.11 Å². The van der Waals surface area contributed by atoms with Crippen LogP contribution in [0.4, 0.5) is 0 Å². The standard InChI is InChI=1S/C17H34O3/c1-3-4-5-6-7-8-9-10-11-12-13-14-15-16(18)17(19)20-2/h16,18H,3-15H2,1-2H3/t16-/m0/s1. The summed E-state index contributed by atoms with van der Waals surface area (Å²) in [5.41, 5.74) is 0. The van der Waals surface area contributed by atoms with Crippen molar-refractivity contribution in [1.82, 2.24) is 0 Å². The van der Waals surface area contributed by atoms with E-state index < -0.39 is 12.1 Å². The van der Waals surface area contributed by atoms with Crippen LogP contribution in [-0.2, 0) is 9.53 Å². The molecule has 0 heterocycles. The molecule has 20 heavy (non-hydrogen) atoms. The molecule has 0 radical (unpaired) electrons. The first-order valence-electron chi connectivity index (χ1n) is 8.48. The average Bonchev–Trinajstić information content (AvgIpc) is 2.47. The molecule has 0 bridgehead atoms. The van der Waals surface area contributed by atoms with Crippen LogP contribution in [0.25, 0.3) is 0 Å². The highest BCUT2D eigenvalue weighted by molar-refractivity contribution is 5.74. The molecule has 0 saturated carbocycles. The lowest BCUT2D eigenvalue weighted by molar-refractivity contribution is -0.150. The van der Waals surface area contributed by atoms with Crippen molar-refractivity contribution in [3.63, 3.8) is 0 Å². The van der Waals surface area contributed by atoms with Gasteiger partial charge in [-0.25, -0.2) is 4.79 Å². The number of carbonyl (C=O) groups excluding carboxylic acids is 1. The summed E-state index contributed by atoms with van der Waals surface area (Å²) in [5.74, 6) is -0.506. The predicted octanol–water partition coefficient (Wildman–Crippen LogP) is 4.61. The fourth-order valence-corrected chi connectivity index (χ4v) is 2.43. The van der Waals surface area contributed by atoms with E-state index in [9.17, 15) is 9.90 Å². The molecule has 0 unspecified atom stereocenters. The fourth-order valence-electron chi connectivity index (χ4n) is 2.43. The molecule has 3 nitrogen and oxygen atoms in total. The number of hydrogen-bond acceptors (Lipinski definition) is 3. The average molecular weight is 286 g/mol. The Bertz CT molecular complexity index is 216. The van der Waals surface area contributed by atoms with Gasteiger partial charge in [0.15, 0.2) is 6.10 Å². The molecule has 0 rings (SSSR count). The Hall–Kier alpha value is -0.570. The maximum absolute atomic E-state index is 11.0. The fraction of sp³-hybridized carbons (Fsp3) is 0.941. The predicted molar refractivity (Wildman–Crippen MR) is 83.7 cm³/mol. The second-order valence-corrected chi connectivity index (χ2v) is 5.72. The second kappa shape index (κ2) is 14.8. The van der Waals surface area contributed by atoms with E-state index in [1.165, 1.54) is 71.3 Å². The van der Waals surface area contributed by atoms with Gasteiger partial charge in [0.25, 0.3) is 0 Å². The summed E-state index contributed by atoms with van der Waals surface area (Å²) in [7, 11) is 1.31. The Balaban J connectivity index is 3.11. The summed E-state index contributed by atoms with van der Waals surface area (Å²) in [6.07, 6.45) is 15.1. The Labute approximate surface area is 125 Å². The third-order valence-electron chi connectivity index (χ3n) is 3.80. The zero-order valence-electron chi connectivity index (χ0n) is 13.5. The molecule has 0 aliphatic carbocycles. The molecule has 1 atom stereocenters. The van der Waals surface area contributed by atoms with Gasteiger partial charge < -0.3 is 9.84 Å². The number of unbranched alkanes of at least 4 members (excludes halogenated alkanes) is 11. The van der Waals surface area contributed by atoms with Gasteiger partial charge in [0.2, 0.25) is 0 Å². The van der Waals surface area contributed by atoms with Gasteiger partial charge in [0.1, 0.15) is 0 Å². The van der Waals surface area contributed by atoms with E-state index in [0.717, 1.165) is 12.8 Å². The SMILES string of the molecule is CCCCCCCCCCCCCC[C@H](O)C(=O)OC. The number of hydrogen-bond donors (Lipinski definition) is 1. The van der Waals surface area contributed by atoms with Crippen molar-refractivity contribution in [1.29, 1.82) is 0 Å². The molecule has 3 heteroatoms. The first-order chi connectivity index (χ1) is 9.72. The van der Waals surface area contributed by atoms with Crippen molar-refractivity contribution in [2.24, 2.45) is 0 Å². The van der Waals surface area contributed by atoms with Crippen molar-refractivity contribution in [2.45, 2.75) is 96.5 Å². The van der Waals surface area contributed by atoms with E-state index in [1.807, 2.05) is 0 Å².